The highest BCUT2D eigenvalue weighted by Gasteiger charge is 2.33. The molecule has 8 heteroatoms. The maximum atomic E-state index is 12.9. The first kappa shape index (κ1) is 18.3. The van der Waals surface area contributed by atoms with Crippen molar-refractivity contribution in [3.8, 4) is 5.75 Å². The molecule has 0 radical (unpaired) electrons. The Morgan fingerprint density at radius 2 is 2.04 bits per heavy atom. The zero-order chi connectivity index (χ0) is 18.6. The highest BCUT2D eigenvalue weighted by Crippen LogP contribution is 2.25. The Morgan fingerprint density at radius 3 is 2.69 bits per heavy atom. The number of sulfonamides is 1. The molecule has 3 rings (SSSR count). The van der Waals surface area contributed by atoms with E-state index in [9.17, 15) is 13.2 Å². The van der Waals surface area contributed by atoms with Crippen LogP contribution in [-0.4, -0.2) is 43.8 Å². The quantitative estimate of drug-likeness (QED) is 0.865. The van der Waals surface area contributed by atoms with Crippen molar-refractivity contribution in [2.75, 3.05) is 25.5 Å². The number of carbonyl (C=O) groups is 1. The number of nitrogens with zero attached hydrogens (tertiary/aromatic N) is 2. The first-order chi connectivity index (χ1) is 12.5. The van der Waals surface area contributed by atoms with Crippen molar-refractivity contribution in [1.82, 2.24) is 9.29 Å². The molecule has 1 atom stereocenters. The van der Waals surface area contributed by atoms with Crippen molar-refractivity contribution in [2.45, 2.75) is 17.7 Å². The largest absolute Gasteiger partial charge is 0.497 e. The van der Waals surface area contributed by atoms with Crippen LogP contribution in [0.25, 0.3) is 0 Å². The standard InChI is InChI=1S/C18H21N3O4S/c1-25-16-6-8-17(9-7-16)26(23,24)21-11-3-4-14(13-21)18(22)20-15-5-2-10-19-12-15/h2,5-10,12,14H,3-4,11,13H2,1H3,(H,20,22)/t14-/m1/s1. The molecule has 2 aromatic rings. The van der Waals surface area contributed by atoms with Gasteiger partial charge in [-0.15, -0.1) is 0 Å². The predicted molar refractivity (Wildman–Crippen MR) is 97.3 cm³/mol. The summed E-state index contributed by atoms with van der Waals surface area (Å²) in [6.07, 6.45) is 4.48. The number of pyridine rings is 1. The normalized spacial score (nSPS) is 18.3. The fraction of sp³-hybridized carbons (Fsp3) is 0.333. The minimum atomic E-state index is -3.64. The Hall–Kier alpha value is -2.45. The molecule has 138 valence electrons. The fourth-order valence-electron chi connectivity index (χ4n) is 2.95. The number of nitrogens with one attached hydrogen (secondary N) is 1. The first-order valence-corrected chi connectivity index (χ1v) is 9.80. The van der Waals surface area contributed by atoms with Crippen molar-refractivity contribution in [1.29, 1.82) is 0 Å². The summed E-state index contributed by atoms with van der Waals surface area (Å²) in [5, 5.41) is 2.80. The van der Waals surface area contributed by atoms with Gasteiger partial charge in [0.2, 0.25) is 15.9 Å². The number of rotatable bonds is 5. The molecule has 1 amide bonds. The van der Waals surface area contributed by atoms with Crippen LogP contribution in [0.1, 0.15) is 12.8 Å². The second-order valence-electron chi connectivity index (χ2n) is 6.11. The van der Waals surface area contributed by atoms with Crippen LogP contribution in [0.4, 0.5) is 5.69 Å². The van der Waals surface area contributed by atoms with E-state index in [-0.39, 0.29) is 17.3 Å². The molecule has 26 heavy (non-hydrogen) atoms. The van der Waals surface area contributed by atoms with Gasteiger partial charge in [0.15, 0.2) is 0 Å². The number of piperidine rings is 1. The van der Waals surface area contributed by atoms with Gasteiger partial charge in [0.05, 0.1) is 29.8 Å². The van der Waals surface area contributed by atoms with Gasteiger partial charge >= 0.3 is 0 Å². The molecule has 1 aromatic carbocycles. The molecular formula is C18H21N3O4S. The van der Waals surface area contributed by atoms with Crippen LogP contribution in [0.3, 0.4) is 0 Å². The lowest BCUT2D eigenvalue weighted by molar-refractivity contribution is -0.120. The third kappa shape index (κ3) is 4.03. The average Bonchev–Trinajstić information content (AvgIpc) is 2.69. The minimum absolute atomic E-state index is 0.167. The van der Waals surface area contributed by atoms with Crippen LogP contribution < -0.4 is 10.1 Å². The molecule has 1 aromatic heterocycles. The number of hydrogen-bond acceptors (Lipinski definition) is 5. The van der Waals surface area contributed by atoms with Gasteiger partial charge in [-0.1, -0.05) is 0 Å². The number of methoxy groups -OCH3 is 1. The lowest BCUT2D eigenvalue weighted by atomic mass is 9.99. The highest BCUT2D eigenvalue weighted by atomic mass is 32.2. The van der Waals surface area contributed by atoms with Gasteiger partial charge in [0, 0.05) is 19.3 Å². The van der Waals surface area contributed by atoms with Crippen molar-refractivity contribution in [3.05, 3.63) is 48.8 Å². The molecule has 1 fully saturated rings. The summed E-state index contributed by atoms with van der Waals surface area (Å²) in [6.45, 7) is 0.575. The van der Waals surface area contributed by atoms with Crippen molar-refractivity contribution in [2.24, 2.45) is 5.92 Å². The molecule has 0 unspecified atom stereocenters. The zero-order valence-corrected chi connectivity index (χ0v) is 15.3. The topological polar surface area (TPSA) is 88.6 Å². The van der Waals surface area contributed by atoms with E-state index < -0.39 is 15.9 Å². The van der Waals surface area contributed by atoms with E-state index in [0.29, 0.717) is 30.8 Å². The third-order valence-corrected chi connectivity index (χ3v) is 6.26. The Morgan fingerprint density at radius 1 is 1.27 bits per heavy atom. The van der Waals surface area contributed by atoms with Crippen LogP contribution in [0.2, 0.25) is 0 Å². The van der Waals surface area contributed by atoms with Gasteiger partial charge in [-0.3, -0.25) is 9.78 Å². The summed E-state index contributed by atoms with van der Waals surface area (Å²) in [7, 11) is -2.11. The highest BCUT2D eigenvalue weighted by molar-refractivity contribution is 7.89. The molecule has 1 N–H and O–H groups in total. The van der Waals surface area contributed by atoms with E-state index in [1.54, 1.807) is 36.7 Å². The van der Waals surface area contributed by atoms with Crippen molar-refractivity contribution < 1.29 is 17.9 Å². The fourth-order valence-corrected chi connectivity index (χ4v) is 4.48. The Balaban J connectivity index is 1.71. The number of amides is 1. The molecule has 0 bridgehead atoms. The number of carbonyl (C=O) groups excluding carboxylic acids is 1. The number of ether oxygens (including phenoxy) is 1. The summed E-state index contributed by atoms with van der Waals surface area (Å²) >= 11 is 0. The number of aromatic nitrogens is 1. The van der Waals surface area contributed by atoms with E-state index in [1.807, 2.05) is 0 Å². The molecule has 1 aliphatic heterocycles. The van der Waals surface area contributed by atoms with Gasteiger partial charge in [-0.05, 0) is 49.2 Å². The van der Waals surface area contributed by atoms with Gasteiger partial charge in [0.1, 0.15) is 5.75 Å². The first-order valence-electron chi connectivity index (χ1n) is 8.36. The molecular weight excluding hydrogens is 354 g/mol. The van der Waals surface area contributed by atoms with Gasteiger partial charge < -0.3 is 10.1 Å². The Kier molecular flexibility index (Phi) is 5.53. The lowest BCUT2D eigenvalue weighted by Crippen LogP contribution is -2.43. The summed E-state index contributed by atoms with van der Waals surface area (Å²) in [5.74, 6) is 0.0147. The van der Waals surface area contributed by atoms with Crippen LogP contribution in [-0.2, 0) is 14.8 Å². The molecule has 0 aliphatic carbocycles. The maximum absolute atomic E-state index is 12.9. The zero-order valence-electron chi connectivity index (χ0n) is 14.5. The number of benzene rings is 1. The van der Waals surface area contributed by atoms with Crippen LogP contribution in [0.15, 0.2) is 53.7 Å². The Bertz CT molecular complexity index is 854. The Labute approximate surface area is 153 Å². The summed E-state index contributed by atoms with van der Waals surface area (Å²) < 4.78 is 32.2. The second kappa shape index (κ2) is 7.84. The summed E-state index contributed by atoms with van der Waals surface area (Å²) in [5.41, 5.74) is 0.604. The monoisotopic (exact) mass is 375 g/mol. The summed E-state index contributed by atoms with van der Waals surface area (Å²) in [4.78, 5) is 16.6. The van der Waals surface area contributed by atoms with Gasteiger partial charge in [-0.2, -0.15) is 4.31 Å². The molecule has 0 spiro atoms. The third-order valence-electron chi connectivity index (χ3n) is 4.38. The van der Waals surface area contributed by atoms with Crippen molar-refractivity contribution >= 4 is 21.6 Å². The van der Waals surface area contributed by atoms with E-state index in [2.05, 4.69) is 10.3 Å². The molecule has 0 saturated carbocycles. The second-order valence-corrected chi connectivity index (χ2v) is 8.05. The molecule has 1 aliphatic rings. The van der Waals surface area contributed by atoms with E-state index >= 15 is 0 Å². The van der Waals surface area contributed by atoms with Crippen molar-refractivity contribution in [3.63, 3.8) is 0 Å². The summed E-state index contributed by atoms with van der Waals surface area (Å²) in [6, 6.07) is 9.75. The van der Waals surface area contributed by atoms with E-state index in [1.165, 1.54) is 23.5 Å². The average molecular weight is 375 g/mol. The van der Waals surface area contributed by atoms with Gasteiger partial charge in [0.25, 0.3) is 0 Å². The maximum Gasteiger partial charge on any atom is 0.243 e. The smallest absolute Gasteiger partial charge is 0.243 e. The van der Waals surface area contributed by atoms with Crippen LogP contribution in [0, 0.1) is 5.92 Å². The SMILES string of the molecule is COc1ccc(S(=O)(=O)N2CCC[C@@H](C(=O)Nc3cccnc3)C2)cc1. The lowest BCUT2D eigenvalue weighted by Gasteiger charge is -2.31. The number of hydrogen-bond donors (Lipinski definition) is 1. The van der Waals surface area contributed by atoms with E-state index in [4.69, 9.17) is 4.74 Å². The molecule has 7 nitrogen and oxygen atoms in total. The number of anilines is 1. The molecule has 2 heterocycles. The van der Waals surface area contributed by atoms with Crippen LogP contribution >= 0.6 is 0 Å². The van der Waals surface area contributed by atoms with Gasteiger partial charge in [-0.25, -0.2) is 8.42 Å². The predicted octanol–water partition coefficient (Wildman–Crippen LogP) is 2.13. The van der Waals surface area contributed by atoms with E-state index in [0.717, 1.165) is 0 Å². The molecule has 1 saturated heterocycles. The minimum Gasteiger partial charge on any atom is -0.497 e. The van der Waals surface area contributed by atoms with Crippen LogP contribution in [0.5, 0.6) is 5.75 Å².